The van der Waals surface area contributed by atoms with E-state index in [1.165, 1.54) is 25.7 Å². The molecule has 4 nitrogen and oxygen atoms in total. The first-order chi connectivity index (χ1) is 8.19. The van der Waals surface area contributed by atoms with Gasteiger partial charge in [0.05, 0.1) is 12.0 Å². The zero-order chi connectivity index (χ0) is 11.9. The fourth-order valence-corrected chi connectivity index (χ4v) is 3.13. The highest BCUT2D eigenvalue weighted by molar-refractivity contribution is 5.68. The largest absolute Gasteiger partial charge is 0.481 e. The Hall–Kier alpha value is -0.610. The Morgan fingerprint density at radius 3 is 2.24 bits per heavy atom. The Labute approximate surface area is 102 Å². The lowest BCUT2D eigenvalue weighted by atomic mass is 9.87. The molecule has 0 atom stereocenters. The maximum absolute atomic E-state index is 10.9. The molecule has 0 unspecified atom stereocenters. The zero-order valence-corrected chi connectivity index (χ0v) is 10.2. The Morgan fingerprint density at radius 1 is 1.29 bits per heavy atom. The van der Waals surface area contributed by atoms with Gasteiger partial charge in [-0.1, -0.05) is 0 Å². The number of hydrogen-bond acceptors (Lipinski definition) is 3. The second-order valence-electron chi connectivity index (χ2n) is 6.17. The monoisotopic (exact) mass is 238 g/mol. The number of carboxylic acids is 1. The Morgan fingerprint density at radius 2 is 1.88 bits per heavy atom. The third-order valence-electron chi connectivity index (χ3n) is 4.58. The van der Waals surface area contributed by atoms with Gasteiger partial charge in [-0.2, -0.15) is 0 Å². The molecule has 17 heavy (non-hydrogen) atoms. The molecule has 1 aliphatic heterocycles. The molecular formula is C13H22N2O2. The molecule has 0 radical (unpaired) electrons. The van der Waals surface area contributed by atoms with Crippen LogP contribution in [0.15, 0.2) is 0 Å². The highest BCUT2D eigenvalue weighted by Gasteiger charge is 2.44. The predicted molar refractivity (Wildman–Crippen MR) is 64.8 cm³/mol. The molecule has 4 heteroatoms. The van der Waals surface area contributed by atoms with Gasteiger partial charge < -0.3 is 15.7 Å². The fourth-order valence-electron chi connectivity index (χ4n) is 3.13. The van der Waals surface area contributed by atoms with E-state index in [1.54, 1.807) is 0 Å². The predicted octanol–water partition coefficient (Wildman–Crippen LogP) is 0.829. The highest BCUT2D eigenvalue weighted by atomic mass is 16.4. The van der Waals surface area contributed by atoms with E-state index in [2.05, 4.69) is 10.6 Å². The number of hydrogen-bond donors (Lipinski definition) is 3. The van der Waals surface area contributed by atoms with Gasteiger partial charge in [0, 0.05) is 13.1 Å². The van der Waals surface area contributed by atoms with E-state index in [9.17, 15) is 4.79 Å². The summed E-state index contributed by atoms with van der Waals surface area (Å²) in [5, 5.41) is 15.7. The van der Waals surface area contributed by atoms with E-state index in [0.717, 1.165) is 37.4 Å². The van der Waals surface area contributed by atoms with Gasteiger partial charge in [-0.15, -0.1) is 0 Å². The summed E-state index contributed by atoms with van der Waals surface area (Å²) in [5.74, 6) is 2.00. The molecular weight excluding hydrogens is 216 g/mol. The topological polar surface area (TPSA) is 61.4 Å². The van der Waals surface area contributed by atoms with Crippen molar-refractivity contribution in [3.63, 3.8) is 0 Å². The van der Waals surface area contributed by atoms with Crippen molar-refractivity contribution in [2.75, 3.05) is 19.6 Å². The van der Waals surface area contributed by atoms with Crippen molar-refractivity contribution in [2.45, 2.75) is 37.6 Å². The average molecular weight is 238 g/mol. The minimum absolute atomic E-state index is 0.159. The molecule has 3 N–H and O–H groups in total. The Balaban J connectivity index is 1.52. The summed E-state index contributed by atoms with van der Waals surface area (Å²) in [6.07, 6.45) is 5.84. The van der Waals surface area contributed by atoms with Gasteiger partial charge in [0.2, 0.25) is 0 Å². The third-order valence-corrected chi connectivity index (χ3v) is 4.58. The average Bonchev–Trinajstić information content (AvgIpc) is 3.07. The molecule has 1 heterocycles. The first-order valence-electron chi connectivity index (χ1n) is 6.86. The summed E-state index contributed by atoms with van der Waals surface area (Å²) in [6, 6.07) is 0. The van der Waals surface area contributed by atoms with Crippen molar-refractivity contribution in [3.05, 3.63) is 0 Å². The molecule has 0 aromatic carbocycles. The Kier molecular flexibility index (Phi) is 2.87. The summed E-state index contributed by atoms with van der Waals surface area (Å²) >= 11 is 0. The standard InChI is InChI=1S/C13H22N2O2/c16-12(17)5-13(7-14-8-13)15-6-11(9-1-2-9)10-3-4-10/h9-11,14-15H,1-8H2,(H,16,17). The molecule has 96 valence electrons. The quantitative estimate of drug-likeness (QED) is 0.615. The third kappa shape index (κ3) is 2.63. The van der Waals surface area contributed by atoms with Crippen LogP contribution in [-0.4, -0.2) is 36.2 Å². The van der Waals surface area contributed by atoms with E-state index < -0.39 is 5.97 Å². The molecule has 0 aromatic heterocycles. The molecule has 0 aromatic rings. The summed E-state index contributed by atoms with van der Waals surface area (Å²) < 4.78 is 0. The maximum Gasteiger partial charge on any atom is 0.305 e. The molecule has 1 saturated heterocycles. The van der Waals surface area contributed by atoms with Gasteiger partial charge in [-0.25, -0.2) is 0 Å². The van der Waals surface area contributed by atoms with Crippen molar-refractivity contribution in [3.8, 4) is 0 Å². The molecule has 0 bridgehead atoms. The van der Waals surface area contributed by atoms with Crippen molar-refractivity contribution >= 4 is 5.97 Å². The van der Waals surface area contributed by atoms with Crippen molar-refractivity contribution < 1.29 is 9.90 Å². The Bertz CT molecular complexity index is 295. The normalized spacial score (nSPS) is 26.9. The highest BCUT2D eigenvalue weighted by Crippen LogP contribution is 2.49. The first-order valence-corrected chi connectivity index (χ1v) is 6.86. The van der Waals surface area contributed by atoms with Gasteiger partial charge in [0.25, 0.3) is 0 Å². The van der Waals surface area contributed by atoms with Crippen LogP contribution in [0, 0.1) is 17.8 Å². The second-order valence-corrected chi connectivity index (χ2v) is 6.17. The lowest BCUT2D eigenvalue weighted by Gasteiger charge is -2.43. The van der Waals surface area contributed by atoms with E-state index in [4.69, 9.17) is 5.11 Å². The molecule has 0 amide bonds. The lowest BCUT2D eigenvalue weighted by Crippen LogP contribution is -2.69. The fraction of sp³-hybridized carbons (Fsp3) is 0.923. The number of carbonyl (C=O) groups is 1. The summed E-state index contributed by atoms with van der Waals surface area (Å²) in [7, 11) is 0. The molecule has 0 spiro atoms. The second kappa shape index (κ2) is 4.25. The van der Waals surface area contributed by atoms with Crippen LogP contribution in [0.2, 0.25) is 0 Å². The van der Waals surface area contributed by atoms with Gasteiger partial charge >= 0.3 is 5.97 Å². The minimum atomic E-state index is -0.687. The number of aliphatic carboxylic acids is 1. The molecule has 3 aliphatic rings. The van der Waals surface area contributed by atoms with Gasteiger partial charge in [-0.05, 0) is 50.0 Å². The molecule has 2 aliphatic carbocycles. The van der Waals surface area contributed by atoms with Gasteiger partial charge in [0.15, 0.2) is 0 Å². The van der Waals surface area contributed by atoms with Crippen LogP contribution < -0.4 is 10.6 Å². The smallest absolute Gasteiger partial charge is 0.305 e. The molecule has 3 fully saturated rings. The first kappa shape index (κ1) is 11.5. The SMILES string of the molecule is O=C(O)CC1(NCC(C2CC2)C2CC2)CNC1. The summed E-state index contributed by atoms with van der Waals surface area (Å²) in [6.45, 7) is 2.65. The van der Waals surface area contributed by atoms with Crippen LogP contribution in [0.25, 0.3) is 0 Å². The van der Waals surface area contributed by atoms with Crippen molar-refractivity contribution in [1.82, 2.24) is 10.6 Å². The van der Waals surface area contributed by atoms with Crippen molar-refractivity contribution in [1.29, 1.82) is 0 Å². The van der Waals surface area contributed by atoms with Gasteiger partial charge in [-0.3, -0.25) is 4.79 Å². The molecule has 3 rings (SSSR count). The van der Waals surface area contributed by atoms with Crippen LogP contribution in [0.5, 0.6) is 0 Å². The van der Waals surface area contributed by atoms with Crippen LogP contribution in [0.4, 0.5) is 0 Å². The lowest BCUT2D eigenvalue weighted by molar-refractivity contribution is -0.139. The zero-order valence-electron chi connectivity index (χ0n) is 10.2. The van der Waals surface area contributed by atoms with E-state index in [0.29, 0.717) is 0 Å². The number of carboxylic acid groups (broad SMARTS) is 1. The summed E-state index contributed by atoms with van der Waals surface area (Å²) in [5.41, 5.74) is -0.159. The van der Waals surface area contributed by atoms with Gasteiger partial charge in [0.1, 0.15) is 0 Å². The van der Waals surface area contributed by atoms with Crippen LogP contribution in [0.1, 0.15) is 32.1 Å². The van der Waals surface area contributed by atoms with Crippen LogP contribution in [-0.2, 0) is 4.79 Å². The van der Waals surface area contributed by atoms with Crippen LogP contribution in [0.3, 0.4) is 0 Å². The van der Waals surface area contributed by atoms with E-state index in [1.807, 2.05) is 0 Å². The maximum atomic E-state index is 10.9. The minimum Gasteiger partial charge on any atom is -0.481 e. The number of rotatable bonds is 7. The van der Waals surface area contributed by atoms with Crippen LogP contribution >= 0.6 is 0 Å². The summed E-state index contributed by atoms with van der Waals surface area (Å²) in [4.78, 5) is 10.9. The number of nitrogens with one attached hydrogen (secondary N) is 2. The van der Waals surface area contributed by atoms with E-state index in [-0.39, 0.29) is 12.0 Å². The van der Waals surface area contributed by atoms with Crippen molar-refractivity contribution in [2.24, 2.45) is 17.8 Å². The molecule has 2 saturated carbocycles. The van der Waals surface area contributed by atoms with E-state index >= 15 is 0 Å².